The lowest BCUT2D eigenvalue weighted by atomic mass is 9.87. The lowest BCUT2D eigenvalue weighted by Gasteiger charge is -2.32. The van der Waals surface area contributed by atoms with E-state index in [9.17, 15) is 4.79 Å². The third-order valence-electron chi connectivity index (χ3n) is 6.41. The summed E-state index contributed by atoms with van der Waals surface area (Å²) in [5.41, 5.74) is 5.90. The van der Waals surface area contributed by atoms with Crippen molar-refractivity contribution in [2.24, 2.45) is 7.05 Å². The Balaban J connectivity index is 1.56. The zero-order valence-electron chi connectivity index (χ0n) is 18.4. The molecule has 1 amide bonds. The minimum Gasteiger partial charge on any atom is -0.343 e. The summed E-state index contributed by atoms with van der Waals surface area (Å²) in [6.45, 7) is 5.89. The fourth-order valence-corrected chi connectivity index (χ4v) is 4.48. The Hall–Kier alpha value is -2.89. The number of imidazole rings is 1. The van der Waals surface area contributed by atoms with Gasteiger partial charge in [-0.15, -0.1) is 0 Å². The van der Waals surface area contributed by atoms with Crippen LogP contribution in [-0.4, -0.2) is 45.5 Å². The second-order valence-electron chi connectivity index (χ2n) is 8.20. The van der Waals surface area contributed by atoms with E-state index in [0.29, 0.717) is 12.3 Å². The zero-order chi connectivity index (χ0) is 21.3. The largest absolute Gasteiger partial charge is 0.343 e. The highest BCUT2D eigenvalue weighted by molar-refractivity contribution is 5.79. The fraction of sp³-hybridized carbons (Fsp3) is 0.458. The first-order valence-corrected chi connectivity index (χ1v) is 10.9. The highest BCUT2D eigenvalue weighted by atomic mass is 16.2. The van der Waals surface area contributed by atoms with E-state index in [-0.39, 0.29) is 5.91 Å². The van der Waals surface area contributed by atoms with E-state index >= 15 is 0 Å². The van der Waals surface area contributed by atoms with Gasteiger partial charge in [-0.2, -0.15) is 0 Å². The molecule has 0 aliphatic carbocycles. The number of anilines is 2. The molecule has 4 rings (SSSR count). The molecular weight excluding hydrogens is 374 g/mol. The van der Waals surface area contributed by atoms with Crippen molar-refractivity contribution < 1.29 is 4.79 Å². The highest BCUT2D eigenvalue weighted by Crippen LogP contribution is 2.34. The standard InChI is InChI=1S/C24H31N5O/c1-5-17-13-19(18-9-11-29(12-10-18)24(30)6-2)7-8-21(17)28(4)23-14-22-20(15-25-23)26-16-27(22)3/h7-8,13-16,18H,5-6,9-12H2,1-4H3. The number of aromatic nitrogens is 3. The number of likely N-dealkylation sites (tertiary alicyclic amines) is 1. The third-order valence-corrected chi connectivity index (χ3v) is 6.41. The maximum Gasteiger partial charge on any atom is 0.222 e. The molecular formula is C24H31N5O. The molecule has 30 heavy (non-hydrogen) atoms. The minimum absolute atomic E-state index is 0.276. The van der Waals surface area contributed by atoms with Crippen LogP contribution in [0.1, 0.15) is 50.2 Å². The Bertz CT molecular complexity index is 1050. The molecule has 0 atom stereocenters. The number of pyridine rings is 1. The van der Waals surface area contributed by atoms with Crippen molar-refractivity contribution in [3.63, 3.8) is 0 Å². The van der Waals surface area contributed by atoms with Crippen LogP contribution >= 0.6 is 0 Å². The van der Waals surface area contributed by atoms with Gasteiger partial charge in [-0.3, -0.25) is 4.79 Å². The quantitative estimate of drug-likeness (QED) is 0.631. The third kappa shape index (κ3) is 3.78. The molecule has 0 saturated carbocycles. The molecule has 1 aromatic carbocycles. The first-order chi connectivity index (χ1) is 14.5. The molecule has 0 N–H and O–H groups in total. The molecule has 3 aromatic rings. The van der Waals surface area contributed by atoms with Crippen LogP contribution < -0.4 is 4.90 Å². The molecule has 1 fully saturated rings. The lowest BCUT2D eigenvalue weighted by Crippen LogP contribution is -2.37. The van der Waals surface area contributed by atoms with E-state index in [1.54, 1.807) is 0 Å². The van der Waals surface area contributed by atoms with E-state index in [1.807, 2.05) is 36.0 Å². The van der Waals surface area contributed by atoms with Crippen molar-refractivity contribution in [3.8, 4) is 0 Å². The van der Waals surface area contributed by atoms with Crippen molar-refractivity contribution in [2.45, 2.75) is 45.4 Å². The van der Waals surface area contributed by atoms with Crippen molar-refractivity contribution in [1.29, 1.82) is 0 Å². The Kier molecular flexibility index (Phi) is 5.75. The van der Waals surface area contributed by atoms with Gasteiger partial charge >= 0.3 is 0 Å². The average molecular weight is 406 g/mol. The molecule has 0 spiro atoms. The van der Waals surface area contributed by atoms with E-state index in [4.69, 9.17) is 0 Å². The molecule has 0 unspecified atom stereocenters. The van der Waals surface area contributed by atoms with Crippen LogP contribution in [0.3, 0.4) is 0 Å². The fourth-order valence-electron chi connectivity index (χ4n) is 4.48. The van der Waals surface area contributed by atoms with Gasteiger partial charge in [0.15, 0.2) is 0 Å². The smallest absolute Gasteiger partial charge is 0.222 e. The number of aryl methyl sites for hydroxylation is 2. The number of carbonyl (C=O) groups is 1. The minimum atomic E-state index is 0.276. The summed E-state index contributed by atoms with van der Waals surface area (Å²) in [4.78, 5) is 25.1. The molecule has 158 valence electrons. The van der Waals surface area contributed by atoms with Gasteiger partial charge < -0.3 is 14.4 Å². The second-order valence-corrected chi connectivity index (χ2v) is 8.20. The highest BCUT2D eigenvalue weighted by Gasteiger charge is 2.23. The predicted octanol–water partition coefficient (Wildman–Crippen LogP) is 4.41. The Morgan fingerprint density at radius 1 is 1.17 bits per heavy atom. The molecule has 1 aliphatic rings. The Morgan fingerprint density at radius 2 is 1.93 bits per heavy atom. The molecule has 1 aliphatic heterocycles. The van der Waals surface area contributed by atoms with E-state index in [2.05, 4.69) is 53.1 Å². The molecule has 3 heterocycles. The monoisotopic (exact) mass is 405 g/mol. The maximum atomic E-state index is 12.0. The second kappa shape index (κ2) is 8.46. The summed E-state index contributed by atoms with van der Waals surface area (Å²) in [6, 6.07) is 8.94. The van der Waals surface area contributed by atoms with Crippen LogP contribution in [0.25, 0.3) is 11.0 Å². The zero-order valence-corrected chi connectivity index (χ0v) is 18.4. The van der Waals surface area contributed by atoms with Crippen molar-refractivity contribution in [1.82, 2.24) is 19.4 Å². The van der Waals surface area contributed by atoms with Crippen LogP contribution in [0.4, 0.5) is 11.5 Å². The van der Waals surface area contributed by atoms with Crippen LogP contribution in [0.15, 0.2) is 36.8 Å². The lowest BCUT2D eigenvalue weighted by molar-refractivity contribution is -0.131. The van der Waals surface area contributed by atoms with E-state index in [0.717, 1.165) is 49.2 Å². The molecule has 0 bridgehead atoms. The molecule has 6 nitrogen and oxygen atoms in total. The van der Waals surface area contributed by atoms with Crippen molar-refractivity contribution in [2.75, 3.05) is 25.0 Å². The van der Waals surface area contributed by atoms with Gasteiger partial charge in [0.25, 0.3) is 0 Å². The molecule has 2 aromatic heterocycles. The van der Waals surface area contributed by atoms with Crippen molar-refractivity contribution in [3.05, 3.63) is 47.9 Å². The molecule has 6 heteroatoms. The number of piperidine rings is 1. The van der Waals surface area contributed by atoms with Gasteiger partial charge in [-0.25, -0.2) is 9.97 Å². The van der Waals surface area contributed by atoms with Crippen LogP contribution in [0, 0.1) is 0 Å². The Morgan fingerprint density at radius 3 is 2.63 bits per heavy atom. The summed E-state index contributed by atoms with van der Waals surface area (Å²) < 4.78 is 2.02. The van der Waals surface area contributed by atoms with Crippen molar-refractivity contribution >= 4 is 28.4 Å². The summed E-state index contributed by atoms with van der Waals surface area (Å²) in [5, 5.41) is 0. The van der Waals surface area contributed by atoms with Gasteiger partial charge in [0.05, 0.1) is 18.0 Å². The summed E-state index contributed by atoms with van der Waals surface area (Å²) >= 11 is 0. The summed E-state index contributed by atoms with van der Waals surface area (Å²) in [5.74, 6) is 1.72. The van der Waals surface area contributed by atoms with Gasteiger partial charge in [-0.1, -0.05) is 26.0 Å². The molecule has 0 radical (unpaired) electrons. The normalized spacial score (nSPS) is 15.0. The number of hydrogen-bond donors (Lipinski definition) is 0. The number of amides is 1. The maximum absolute atomic E-state index is 12.0. The molecule has 1 saturated heterocycles. The number of rotatable bonds is 5. The number of hydrogen-bond acceptors (Lipinski definition) is 4. The van der Waals surface area contributed by atoms with Crippen LogP contribution in [0.5, 0.6) is 0 Å². The number of benzene rings is 1. The van der Waals surface area contributed by atoms with E-state index < -0.39 is 0 Å². The average Bonchev–Trinajstić information content (AvgIpc) is 3.17. The summed E-state index contributed by atoms with van der Waals surface area (Å²) in [6.07, 6.45) is 7.32. The van der Waals surface area contributed by atoms with Gasteiger partial charge in [0.2, 0.25) is 5.91 Å². The number of carbonyl (C=O) groups excluding carboxylic acids is 1. The SMILES string of the molecule is CCC(=O)N1CCC(c2ccc(N(C)c3cc4c(cn3)ncn4C)c(CC)c2)CC1. The van der Waals surface area contributed by atoms with E-state index in [1.165, 1.54) is 16.8 Å². The van der Waals surface area contributed by atoms with Crippen LogP contribution in [0.2, 0.25) is 0 Å². The number of fused-ring (bicyclic) bond motifs is 1. The Labute approximate surface area is 178 Å². The topological polar surface area (TPSA) is 54.3 Å². The number of nitrogens with zero attached hydrogens (tertiary/aromatic N) is 5. The first-order valence-electron chi connectivity index (χ1n) is 10.9. The van der Waals surface area contributed by atoms with Gasteiger partial charge in [-0.05, 0) is 42.4 Å². The summed E-state index contributed by atoms with van der Waals surface area (Å²) in [7, 11) is 4.08. The van der Waals surface area contributed by atoms with Gasteiger partial charge in [0, 0.05) is 45.4 Å². The predicted molar refractivity (Wildman–Crippen MR) is 121 cm³/mol. The first kappa shape index (κ1) is 20.4. The van der Waals surface area contributed by atoms with Gasteiger partial charge in [0.1, 0.15) is 11.3 Å². The van der Waals surface area contributed by atoms with Crippen LogP contribution in [-0.2, 0) is 18.3 Å².